The van der Waals surface area contributed by atoms with E-state index in [1.165, 1.54) is 0 Å². The lowest BCUT2D eigenvalue weighted by atomic mass is 9.71. The first kappa shape index (κ1) is 24.0. The lowest BCUT2D eigenvalue weighted by Crippen LogP contribution is -2.37. The third-order valence-corrected chi connectivity index (χ3v) is 8.46. The molecule has 1 aliphatic heterocycles. The van der Waals surface area contributed by atoms with Gasteiger partial charge in [-0.3, -0.25) is 9.59 Å². The van der Waals surface area contributed by atoms with Gasteiger partial charge in [0, 0.05) is 62.9 Å². The first-order chi connectivity index (χ1) is 16.3. The lowest BCUT2D eigenvalue weighted by Gasteiger charge is -2.42. The Hall–Kier alpha value is -1.70. The van der Waals surface area contributed by atoms with Gasteiger partial charge in [0.1, 0.15) is 12.4 Å². The van der Waals surface area contributed by atoms with Crippen molar-refractivity contribution in [2.45, 2.75) is 51.0 Å². The Bertz CT molecular complexity index is 1200. The molecule has 0 fully saturated rings. The fraction of sp³-hybridized carbons (Fsp3) is 0.333. The predicted octanol–water partition coefficient (Wildman–Crippen LogP) is 7.60. The number of carbonyl (C=O) groups excluding carboxylic acids is 2. The summed E-state index contributed by atoms with van der Waals surface area (Å²) in [5.74, 6) is 0.544. The molecule has 176 valence electrons. The molecule has 0 saturated carbocycles. The van der Waals surface area contributed by atoms with E-state index in [0.29, 0.717) is 25.2 Å². The number of hydrogen-bond acceptors (Lipinski definition) is 4. The maximum absolute atomic E-state index is 13.3. The summed E-state index contributed by atoms with van der Waals surface area (Å²) in [4.78, 5) is 28.8. The smallest absolute Gasteiger partial charge is 0.161 e. The van der Waals surface area contributed by atoms with Crippen LogP contribution in [-0.2, 0) is 16.2 Å². The summed E-state index contributed by atoms with van der Waals surface area (Å²) in [6.07, 6.45) is 4.43. The maximum atomic E-state index is 13.3. The number of allylic oxidation sites excluding steroid dienone is 4. The zero-order valence-corrected chi connectivity index (χ0v) is 23.6. The molecular weight excluding hydrogens is 626 g/mol. The van der Waals surface area contributed by atoms with Crippen molar-refractivity contribution in [2.24, 2.45) is 0 Å². The van der Waals surface area contributed by atoms with Crippen LogP contribution in [0.3, 0.4) is 0 Å². The second-order valence-electron chi connectivity index (χ2n) is 8.99. The van der Waals surface area contributed by atoms with E-state index in [4.69, 9.17) is 4.74 Å². The van der Waals surface area contributed by atoms with E-state index < -0.39 is 5.92 Å². The molecule has 0 atom stereocenters. The molecule has 4 nitrogen and oxygen atoms in total. The van der Waals surface area contributed by atoms with Crippen molar-refractivity contribution in [3.8, 4) is 5.75 Å². The Balaban J connectivity index is 1.66. The number of hydrogen-bond donors (Lipinski definition) is 0. The Morgan fingerprint density at radius 2 is 1.44 bits per heavy atom. The zero-order chi connectivity index (χ0) is 24.0. The maximum Gasteiger partial charge on any atom is 0.161 e. The number of Topliss-reactive ketones (excluding diaryl/α,β-unsaturated/α-hetero) is 2. The molecule has 2 aromatic rings. The van der Waals surface area contributed by atoms with Crippen molar-refractivity contribution in [1.29, 1.82) is 0 Å². The van der Waals surface area contributed by atoms with Crippen LogP contribution in [0.5, 0.6) is 5.75 Å². The summed E-state index contributed by atoms with van der Waals surface area (Å²) >= 11 is 10.8. The molecule has 34 heavy (non-hydrogen) atoms. The molecule has 1 heterocycles. The van der Waals surface area contributed by atoms with E-state index in [1.807, 2.05) is 43.4 Å². The molecule has 5 rings (SSSR count). The van der Waals surface area contributed by atoms with Gasteiger partial charge in [-0.2, -0.15) is 0 Å². The van der Waals surface area contributed by atoms with Crippen molar-refractivity contribution < 1.29 is 14.3 Å². The average molecular weight is 650 g/mol. The van der Waals surface area contributed by atoms with Gasteiger partial charge in [-0.05, 0) is 71.4 Å². The van der Waals surface area contributed by atoms with E-state index >= 15 is 0 Å². The van der Waals surface area contributed by atoms with Gasteiger partial charge >= 0.3 is 0 Å². The summed E-state index contributed by atoms with van der Waals surface area (Å²) in [6, 6.07) is 12.0. The van der Waals surface area contributed by atoms with Crippen molar-refractivity contribution in [3.63, 3.8) is 0 Å². The van der Waals surface area contributed by atoms with E-state index in [-0.39, 0.29) is 11.6 Å². The van der Waals surface area contributed by atoms with Gasteiger partial charge in [0.15, 0.2) is 11.6 Å². The highest BCUT2D eigenvalue weighted by Gasteiger charge is 2.43. The molecule has 0 saturated heterocycles. The van der Waals surface area contributed by atoms with Crippen LogP contribution in [0.4, 0.5) is 0 Å². The second-order valence-corrected chi connectivity index (χ2v) is 11.7. The molecule has 0 aromatic heterocycles. The number of nitrogens with zero attached hydrogens (tertiary/aromatic N) is 1. The number of benzene rings is 2. The normalized spacial score (nSPS) is 18.9. The number of halogens is 3. The van der Waals surface area contributed by atoms with Crippen molar-refractivity contribution in [1.82, 2.24) is 4.90 Å². The van der Waals surface area contributed by atoms with Crippen LogP contribution in [-0.4, -0.2) is 23.5 Å². The Kier molecular flexibility index (Phi) is 6.88. The molecule has 0 amide bonds. The number of ketones is 2. The summed E-state index contributed by atoms with van der Waals surface area (Å²) in [5, 5.41) is 0. The van der Waals surface area contributed by atoms with Gasteiger partial charge in [0.25, 0.3) is 0 Å². The lowest BCUT2D eigenvalue weighted by molar-refractivity contribution is -0.117. The number of rotatable bonds is 4. The van der Waals surface area contributed by atoms with Gasteiger partial charge in [0.05, 0.1) is 4.47 Å². The summed E-state index contributed by atoms with van der Waals surface area (Å²) in [7, 11) is 2.01. The van der Waals surface area contributed by atoms with Crippen LogP contribution in [0.1, 0.15) is 55.6 Å². The topological polar surface area (TPSA) is 46.6 Å². The van der Waals surface area contributed by atoms with E-state index in [0.717, 1.165) is 72.8 Å². The van der Waals surface area contributed by atoms with Crippen LogP contribution in [0.15, 0.2) is 72.4 Å². The molecule has 0 radical (unpaired) electrons. The second kappa shape index (κ2) is 9.75. The van der Waals surface area contributed by atoms with Crippen LogP contribution in [0, 0.1) is 0 Å². The van der Waals surface area contributed by atoms with Crippen molar-refractivity contribution in [2.75, 3.05) is 7.05 Å². The monoisotopic (exact) mass is 647 g/mol. The SMILES string of the molecule is CN1C2=C(C(=O)CCC2)C(c2cc(Br)cc(Br)c2OCc2ccc(Br)cc2)C2=C1CCCC2=O. The van der Waals surface area contributed by atoms with E-state index in [9.17, 15) is 9.59 Å². The molecule has 2 aromatic carbocycles. The van der Waals surface area contributed by atoms with Gasteiger partial charge in [-0.15, -0.1) is 0 Å². The molecular formula is C27H24Br3NO3. The van der Waals surface area contributed by atoms with Crippen LogP contribution >= 0.6 is 47.8 Å². The third-order valence-electron chi connectivity index (χ3n) is 6.89. The Morgan fingerprint density at radius 1 is 0.853 bits per heavy atom. The van der Waals surface area contributed by atoms with E-state index in [1.54, 1.807) is 0 Å². The first-order valence-electron chi connectivity index (χ1n) is 11.5. The van der Waals surface area contributed by atoms with Crippen molar-refractivity contribution >= 4 is 59.4 Å². The largest absolute Gasteiger partial charge is 0.487 e. The van der Waals surface area contributed by atoms with Gasteiger partial charge in [-0.1, -0.05) is 44.0 Å². The molecule has 0 spiro atoms. The Labute approximate surface area is 224 Å². The number of carbonyl (C=O) groups is 2. The summed E-state index contributed by atoms with van der Waals surface area (Å²) < 4.78 is 9.08. The molecule has 0 bridgehead atoms. The summed E-state index contributed by atoms with van der Waals surface area (Å²) in [6.45, 7) is 0.382. The predicted molar refractivity (Wildman–Crippen MR) is 143 cm³/mol. The standard InChI is InChI=1S/C27H24Br3NO3/c1-31-20-4-2-6-22(32)25(20)24(26-21(31)5-3-7-23(26)33)18-12-17(29)13-19(30)27(18)34-14-15-8-10-16(28)11-9-15/h8-13,24H,2-7,14H2,1H3. The van der Waals surface area contributed by atoms with E-state index in [2.05, 4.69) is 52.7 Å². The van der Waals surface area contributed by atoms with Crippen LogP contribution in [0.2, 0.25) is 0 Å². The molecule has 0 unspecified atom stereocenters. The van der Waals surface area contributed by atoms with Crippen LogP contribution < -0.4 is 4.74 Å². The minimum absolute atomic E-state index is 0.137. The van der Waals surface area contributed by atoms with Crippen molar-refractivity contribution in [3.05, 3.63) is 83.5 Å². The quantitative estimate of drug-likeness (QED) is 0.342. The molecule has 3 aliphatic rings. The molecule has 0 N–H and O–H groups in total. The third kappa shape index (κ3) is 4.35. The van der Waals surface area contributed by atoms with Gasteiger partial charge in [0.2, 0.25) is 0 Å². The molecule has 2 aliphatic carbocycles. The fourth-order valence-electron chi connectivity index (χ4n) is 5.35. The summed E-state index contributed by atoms with van der Waals surface area (Å²) in [5.41, 5.74) is 5.54. The number of ether oxygens (including phenoxy) is 1. The highest BCUT2D eigenvalue weighted by Crippen LogP contribution is 2.52. The van der Waals surface area contributed by atoms with Gasteiger partial charge in [-0.25, -0.2) is 0 Å². The average Bonchev–Trinajstić information content (AvgIpc) is 2.80. The fourth-order valence-corrected chi connectivity index (χ4v) is 6.98. The Morgan fingerprint density at radius 3 is 2.03 bits per heavy atom. The first-order valence-corrected chi connectivity index (χ1v) is 13.9. The highest BCUT2D eigenvalue weighted by molar-refractivity contribution is 9.11. The highest BCUT2D eigenvalue weighted by atomic mass is 79.9. The van der Waals surface area contributed by atoms with Crippen LogP contribution in [0.25, 0.3) is 0 Å². The zero-order valence-electron chi connectivity index (χ0n) is 18.8. The van der Waals surface area contributed by atoms with Gasteiger partial charge < -0.3 is 9.64 Å². The minimum Gasteiger partial charge on any atom is -0.487 e. The minimum atomic E-state index is -0.407. The molecule has 7 heteroatoms.